The Morgan fingerprint density at radius 3 is 2.52 bits per heavy atom. The van der Waals surface area contributed by atoms with E-state index in [0.29, 0.717) is 30.1 Å². The Balaban J connectivity index is 1.52. The Morgan fingerprint density at radius 2 is 1.71 bits per heavy atom. The van der Waals surface area contributed by atoms with Crippen molar-refractivity contribution in [1.82, 2.24) is 0 Å². The van der Waals surface area contributed by atoms with Gasteiger partial charge in [-0.15, -0.1) is 0 Å². The van der Waals surface area contributed by atoms with Crippen LogP contribution in [0.1, 0.15) is 35.3 Å². The average Bonchev–Trinajstić information content (AvgIpc) is 3.21. The summed E-state index contributed by atoms with van der Waals surface area (Å²) in [7, 11) is 0. The van der Waals surface area contributed by atoms with Crippen LogP contribution < -0.4 is 14.5 Å². The van der Waals surface area contributed by atoms with Crippen molar-refractivity contribution in [2.24, 2.45) is 0 Å². The molecule has 0 aliphatic carbocycles. The van der Waals surface area contributed by atoms with E-state index in [0.717, 1.165) is 17.7 Å². The van der Waals surface area contributed by atoms with E-state index in [1.807, 2.05) is 53.4 Å². The first-order valence-electron chi connectivity index (χ1n) is 10.5. The van der Waals surface area contributed by atoms with Gasteiger partial charge in [0.25, 0.3) is 11.8 Å². The minimum atomic E-state index is -0.971. The largest absolute Gasteiger partial charge is 0.476 e. The molecule has 2 aliphatic rings. The van der Waals surface area contributed by atoms with Gasteiger partial charge in [0.1, 0.15) is 5.75 Å². The zero-order valence-electron chi connectivity index (χ0n) is 17.7. The van der Waals surface area contributed by atoms with E-state index in [1.54, 1.807) is 36.9 Å². The molecule has 2 heterocycles. The fourth-order valence-electron chi connectivity index (χ4n) is 4.33. The fourth-order valence-corrected chi connectivity index (χ4v) is 4.33. The molecule has 3 aromatic carbocycles. The standard InChI is InChI=1S/C26H24N2O3/c1-26(2)25(30)28(17-18-8-4-3-5-9-18)22-16-20(12-13-23(22)31-26)24(29)27-15-14-19-10-6-7-11-21(19)27/h3-13,16H,14-15,17H2,1-2H3. The van der Waals surface area contributed by atoms with Crippen molar-refractivity contribution in [2.75, 3.05) is 16.3 Å². The third-order valence-corrected chi connectivity index (χ3v) is 5.94. The molecule has 0 saturated carbocycles. The summed E-state index contributed by atoms with van der Waals surface area (Å²) >= 11 is 0. The van der Waals surface area contributed by atoms with E-state index >= 15 is 0 Å². The van der Waals surface area contributed by atoms with Crippen LogP contribution in [-0.4, -0.2) is 24.0 Å². The Kier molecular flexibility index (Phi) is 4.54. The van der Waals surface area contributed by atoms with Crippen LogP contribution >= 0.6 is 0 Å². The van der Waals surface area contributed by atoms with E-state index in [1.165, 1.54) is 5.56 Å². The number of hydrogen-bond donors (Lipinski definition) is 0. The molecule has 3 aromatic rings. The van der Waals surface area contributed by atoms with Crippen LogP contribution in [0.3, 0.4) is 0 Å². The van der Waals surface area contributed by atoms with Crippen molar-refractivity contribution >= 4 is 23.2 Å². The number of carbonyl (C=O) groups is 2. The molecule has 5 heteroatoms. The smallest absolute Gasteiger partial charge is 0.271 e. The van der Waals surface area contributed by atoms with Crippen LogP contribution in [0.15, 0.2) is 72.8 Å². The lowest BCUT2D eigenvalue weighted by molar-refractivity contribution is -0.132. The molecule has 2 amide bonds. The molecule has 2 aliphatic heterocycles. The maximum atomic E-state index is 13.4. The summed E-state index contributed by atoms with van der Waals surface area (Å²) in [4.78, 5) is 30.1. The predicted octanol–water partition coefficient (Wildman–Crippen LogP) is 4.59. The first kappa shape index (κ1) is 19.4. The Hall–Kier alpha value is -3.60. The number of hydrogen-bond acceptors (Lipinski definition) is 3. The number of carbonyl (C=O) groups excluding carboxylic acids is 2. The highest BCUT2D eigenvalue weighted by Crippen LogP contribution is 2.40. The third kappa shape index (κ3) is 3.36. The SMILES string of the molecule is CC1(C)Oc2ccc(C(=O)N3CCc4ccccc43)cc2N(Cc2ccccc2)C1=O. The molecular weight excluding hydrogens is 388 g/mol. The van der Waals surface area contributed by atoms with Crippen molar-refractivity contribution in [3.05, 3.63) is 89.5 Å². The monoisotopic (exact) mass is 412 g/mol. The summed E-state index contributed by atoms with van der Waals surface area (Å²) in [5.41, 5.74) is 3.36. The second-order valence-corrected chi connectivity index (χ2v) is 8.51. The van der Waals surface area contributed by atoms with Crippen molar-refractivity contribution in [3.63, 3.8) is 0 Å². The zero-order valence-corrected chi connectivity index (χ0v) is 17.7. The van der Waals surface area contributed by atoms with Crippen LogP contribution in [0.2, 0.25) is 0 Å². The molecule has 5 rings (SSSR count). The van der Waals surface area contributed by atoms with Crippen LogP contribution in [-0.2, 0) is 17.8 Å². The summed E-state index contributed by atoms with van der Waals surface area (Å²) in [5.74, 6) is 0.420. The second-order valence-electron chi connectivity index (χ2n) is 8.51. The third-order valence-electron chi connectivity index (χ3n) is 5.94. The van der Waals surface area contributed by atoms with Crippen molar-refractivity contribution < 1.29 is 14.3 Å². The Labute approximate surface area is 181 Å². The molecule has 0 atom stereocenters. The number of benzene rings is 3. The van der Waals surface area contributed by atoms with Crippen LogP contribution in [0.25, 0.3) is 0 Å². The molecule has 0 spiro atoms. The van der Waals surface area contributed by atoms with Gasteiger partial charge in [0.05, 0.1) is 12.2 Å². The lowest BCUT2D eigenvalue weighted by Crippen LogP contribution is -2.52. The lowest BCUT2D eigenvalue weighted by Gasteiger charge is -2.39. The summed E-state index contributed by atoms with van der Waals surface area (Å²) in [6, 6.07) is 23.2. The van der Waals surface area contributed by atoms with Gasteiger partial charge in [0.15, 0.2) is 5.60 Å². The number of fused-ring (bicyclic) bond motifs is 2. The van der Waals surface area contributed by atoms with Crippen molar-refractivity contribution in [2.45, 2.75) is 32.4 Å². The lowest BCUT2D eigenvalue weighted by atomic mass is 10.0. The molecule has 0 fully saturated rings. The molecule has 5 nitrogen and oxygen atoms in total. The van der Waals surface area contributed by atoms with Gasteiger partial charge in [-0.1, -0.05) is 48.5 Å². The number of anilines is 2. The minimum Gasteiger partial charge on any atom is -0.476 e. The topological polar surface area (TPSA) is 49.9 Å². The number of ether oxygens (including phenoxy) is 1. The molecule has 31 heavy (non-hydrogen) atoms. The van der Waals surface area contributed by atoms with Crippen LogP contribution in [0, 0.1) is 0 Å². The van der Waals surface area contributed by atoms with Crippen molar-refractivity contribution in [1.29, 1.82) is 0 Å². The van der Waals surface area contributed by atoms with Gasteiger partial charge in [-0.25, -0.2) is 0 Å². The maximum Gasteiger partial charge on any atom is 0.271 e. The molecule has 0 saturated heterocycles. The van der Waals surface area contributed by atoms with E-state index < -0.39 is 5.60 Å². The van der Waals surface area contributed by atoms with Gasteiger partial charge in [0.2, 0.25) is 0 Å². The molecule has 0 unspecified atom stereocenters. The second kappa shape index (κ2) is 7.27. The molecule has 0 bridgehead atoms. The Bertz CT molecular complexity index is 1170. The molecular formula is C26H24N2O3. The highest BCUT2D eigenvalue weighted by atomic mass is 16.5. The van der Waals surface area contributed by atoms with Gasteiger partial charge >= 0.3 is 0 Å². The van der Waals surface area contributed by atoms with E-state index in [2.05, 4.69) is 6.07 Å². The van der Waals surface area contributed by atoms with Crippen LogP contribution in [0.4, 0.5) is 11.4 Å². The molecule has 0 N–H and O–H groups in total. The van der Waals surface area contributed by atoms with Crippen molar-refractivity contribution in [3.8, 4) is 5.75 Å². The first-order chi connectivity index (χ1) is 14.9. The van der Waals surface area contributed by atoms with Gasteiger partial charge < -0.3 is 14.5 Å². The normalized spacial score (nSPS) is 16.5. The van der Waals surface area contributed by atoms with Crippen LogP contribution in [0.5, 0.6) is 5.75 Å². The zero-order chi connectivity index (χ0) is 21.6. The maximum absolute atomic E-state index is 13.4. The molecule has 0 aromatic heterocycles. The number of rotatable bonds is 3. The molecule has 0 radical (unpaired) electrons. The minimum absolute atomic E-state index is 0.0651. The summed E-state index contributed by atoms with van der Waals surface area (Å²) < 4.78 is 6.00. The highest BCUT2D eigenvalue weighted by molar-refractivity contribution is 6.09. The number of amides is 2. The van der Waals surface area contributed by atoms with E-state index in [-0.39, 0.29) is 11.8 Å². The summed E-state index contributed by atoms with van der Waals surface area (Å²) in [6.45, 7) is 4.63. The van der Waals surface area contributed by atoms with Gasteiger partial charge in [-0.05, 0) is 55.7 Å². The summed E-state index contributed by atoms with van der Waals surface area (Å²) in [6.07, 6.45) is 0.850. The van der Waals surface area contributed by atoms with Gasteiger partial charge in [-0.2, -0.15) is 0 Å². The summed E-state index contributed by atoms with van der Waals surface area (Å²) in [5, 5.41) is 0. The average molecular weight is 412 g/mol. The highest BCUT2D eigenvalue weighted by Gasteiger charge is 2.41. The predicted molar refractivity (Wildman–Crippen MR) is 121 cm³/mol. The fraction of sp³-hybridized carbons (Fsp3) is 0.231. The van der Waals surface area contributed by atoms with Gasteiger partial charge in [0, 0.05) is 17.8 Å². The number of nitrogens with zero attached hydrogens (tertiary/aromatic N) is 2. The van der Waals surface area contributed by atoms with Gasteiger partial charge in [-0.3, -0.25) is 9.59 Å². The Morgan fingerprint density at radius 1 is 0.968 bits per heavy atom. The number of para-hydroxylation sites is 1. The first-order valence-corrected chi connectivity index (χ1v) is 10.5. The van der Waals surface area contributed by atoms with E-state index in [9.17, 15) is 9.59 Å². The molecule has 156 valence electrons. The van der Waals surface area contributed by atoms with E-state index in [4.69, 9.17) is 4.74 Å². The quantitative estimate of drug-likeness (QED) is 0.632.